The zero-order valence-electron chi connectivity index (χ0n) is 8.34. The van der Waals surface area contributed by atoms with E-state index in [4.69, 9.17) is 5.11 Å². The molecule has 4 heteroatoms. The first kappa shape index (κ1) is 10.5. The highest BCUT2D eigenvalue weighted by Gasteiger charge is 2.23. The Morgan fingerprint density at radius 2 is 2.33 bits per heavy atom. The molecule has 0 atom stereocenters. The summed E-state index contributed by atoms with van der Waals surface area (Å²) in [6.07, 6.45) is 1.88. The molecule has 0 unspecified atom stereocenters. The topological polar surface area (TPSA) is 37.3 Å². The lowest BCUT2D eigenvalue weighted by Gasteiger charge is -2.18. The Morgan fingerprint density at radius 3 is 3.00 bits per heavy atom. The van der Waals surface area contributed by atoms with E-state index in [1.807, 2.05) is 0 Å². The molecule has 2 nitrogen and oxygen atoms in total. The molecule has 15 heavy (non-hydrogen) atoms. The van der Waals surface area contributed by atoms with E-state index in [-0.39, 0.29) is 5.56 Å². The highest BCUT2D eigenvalue weighted by molar-refractivity contribution is 7.99. The third-order valence-electron chi connectivity index (χ3n) is 2.53. The zero-order chi connectivity index (χ0) is 11.0. The number of carboxylic acids is 1. The van der Waals surface area contributed by atoms with Crippen molar-refractivity contribution in [3.05, 3.63) is 28.6 Å². The zero-order valence-corrected chi connectivity index (χ0v) is 9.16. The normalized spacial score (nSPS) is 14.8. The molecular formula is C11H11FO2S. The van der Waals surface area contributed by atoms with Crippen LogP contribution in [0.5, 0.6) is 0 Å². The molecule has 2 rings (SSSR count). The van der Waals surface area contributed by atoms with Crippen molar-refractivity contribution in [3.8, 4) is 0 Å². The van der Waals surface area contributed by atoms with Gasteiger partial charge in [-0.15, -0.1) is 11.8 Å². The van der Waals surface area contributed by atoms with Crippen LogP contribution in [0.2, 0.25) is 0 Å². The van der Waals surface area contributed by atoms with Crippen LogP contribution in [-0.4, -0.2) is 16.8 Å². The third kappa shape index (κ3) is 1.74. The Bertz CT molecular complexity index is 429. The first-order chi connectivity index (χ1) is 7.11. The van der Waals surface area contributed by atoms with E-state index in [9.17, 15) is 9.18 Å². The van der Waals surface area contributed by atoms with E-state index in [2.05, 4.69) is 0 Å². The second kappa shape index (κ2) is 3.85. The predicted molar refractivity (Wildman–Crippen MR) is 57.1 cm³/mol. The quantitative estimate of drug-likeness (QED) is 0.800. The van der Waals surface area contributed by atoms with Gasteiger partial charge in [-0.1, -0.05) is 6.07 Å². The monoisotopic (exact) mass is 226 g/mol. The Labute approximate surface area is 91.5 Å². The molecule has 1 aromatic rings. The van der Waals surface area contributed by atoms with Gasteiger partial charge in [0.15, 0.2) is 0 Å². The van der Waals surface area contributed by atoms with Crippen LogP contribution in [0.1, 0.15) is 27.9 Å². The molecule has 0 fully saturated rings. The van der Waals surface area contributed by atoms with E-state index in [1.165, 1.54) is 11.8 Å². The largest absolute Gasteiger partial charge is 0.478 e. The molecule has 1 aliphatic heterocycles. The first-order valence-electron chi connectivity index (χ1n) is 4.79. The highest BCUT2D eigenvalue weighted by Crippen LogP contribution is 2.35. The van der Waals surface area contributed by atoms with Crippen LogP contribution < -0.4 is 0 Å². The number of carbonyl (C=O) groups is 1. The molecule has 0 radical (unpaired) electrons. The van der Waals surface area contributed by atoms with Crippen molar-refractivity contribution in [2.45, 2.75) is 24.7 Å². The van der Waals surface area contributed by atoms with Crippen LogP contribution in [0.15, 0.2) is 11.0 Å². The summed E-state index contributed by atoms with van der Waals surface area (Å²) < 4.78 is 13.6. The molecular weight excluding hydrogens is 215 g/mol. The Morgan fingerprint density at radius 1 is 1.60 bits per heavy atom. The second-order valence-electron chi connectivity index (χ2n) is 3.63. The molecule has 80 valence electrons. The van der Waals surface area contributed by atoms with E-state index in [0.29, 0.717) is 10.5 Å². The summed E-state index contributed by atoms with van der Waals surface area (Å²) in [4.78, 5) is 11.6. The van der Waals surface area contributed by atoms with Crippen molar-refractivity contribution in [2.75, 3.05) is 5.75 Å². The van der Waals surface area contributed by atoms with Crippen LogP contribution in [0, 0.1) is 12.7 Å². The number of aromatic carboxylic acids is 1. The maximum absolute atomic E-state index is 13.6. The van der Waals surface area contributed by atoms with Gasteiger partial charge in [0.2, 0.25) is 0 Å². The first-order valence-corrected chi connectivity index (χ1v) is 5.78. The van der Waals surface area contributed by atoms with Gasteiger partial charge in [0.25, 0.3) is 0 Å². The fourth-order valence-corrected chi connectivity index (χ4v) is 2.99. The van der Waals surface area contributed by atoms with Gasteiger partial charge < -0.3 is 5.11 Å². The number of halogens is 1. The maximum Gasteiger partial charge on any atom is 0.339 e. The highest BCUT2D eigenvalue weighted by atomic mass is 32.2. The molecule has 0 saturated carbocycles. The number of fused-ring (bicyclic) bond motifs is 1. The average Bonchev–Trinajstić information content (AvgIpc) is 2.19. The van der Waals surface area contributed by atoms with Crippen LogP contribution in [-0.2, 0) is 6.42 Å². The van der Waals surface area contributed by atoms with Crippen LogP contribution in [0.4, 0.5) is 4.39 Å². The summed E-state index contributed by atoms with van der Waals surface area (Å²) in [6, 6.07) is 1.77. The number of benzene rings is 1. The molecule has 1 heterocycles. The second-order valence-corrected chi connectivity index (χ2v) is 4.73. The van der Waals surface area contributed by atoms with Gasteiger partial charge >= 0.3 is 5.97 Å². The fraction of sp³-hybridized carbons (Fsp3) is 0.364. The standard InChI is InChI=1S/C11H11FO2S/c1-6-5-7-3-2-4-15-10(7)8(9(6)12)11(13)14/h5H,2-4H2,1H3,(H,13,14). The maximum atomic E-state index is 13.6. The molecule has 0 saturated heterocycles. The minimum Gasteiger partial charge on any atom is -0.478 e. The fourth-order valence-electron chi connectivity index (χ4n) is 1.83. The smallest absolute Gasteiger partial charge is 0.339 e. The average molecular weight is 226 g/mol. The minimum atomic E-state index is -1.16. The van der Waals surface area contributed by atoms with E-state index in [1.54, 1.807) is 13.0 Å². The van der Waals surface area contributed by atoms with Crippen LogP contribution in [0.25, 0.3) is 0 Å². The number of hydrogen-bond acceptors (Lipinski definition) is 2. The Balaban J connectivity index is 2.68. The van der Waals surface area contributed by atoms with E-state index >= 15 is 0 Å². The van der Waals surface area contributed by atoms with Gasteiger partial charge in [-0.25, -0.2) is 9.18 Å². The number of rotatable bonds is 1. The number of hydrogen-bond donors (Lipinski definition) is 1. The van der Waals surface area contributed by atoms with Crippen molar-refractivity contribution in [1.82, 2.24) is 0 Å². The van der Waals surface area contributed by atoms with Gasteiger partial charge in [0.1, 0.15) is 11.4 Å². The van der Waals surface area contributed by atoms with Crippen molar-refractivity contribution in [1.29, 1.82) is 0 Å². The molecule has 0 spiro atoms. The summed E-state index contributed by atoms with van der Waals surface area (Å²) in [5.74, 6) is -0.882. The molecule has 1 aromatic carbocycles. The van der Waals surface area contributed by atoms with Crippen molar-refractivity contribution in [3.63, 3.8) is 0 Å². The number of aryl methyl sites for hydroxylation is 2. The van der Waals surface area contributed by atoms with Crippen LogP contribution in [0.3, 0.4) is 0 Å². The molecule has 0 bridgehead atoms. The van der Waals surface area contributed by atoms with Gasteiger partial charge in [0, 0.05) is 4.90 Å². The summed E-state index contributed by atoms with van der Waals surface area (Å²) in [6.45, 7) is 1.61. The molecule has 0 amide bonds. The van der Waals surface area contributed by atoms with Gasteiger partial charge in [0.05, 0.1) is 0 Å². The van der Waals surface area contributed by atoms with Crippen LogP contribution >= 0.6 is 11.8 Å². The number of thioether (sulfide) groups is 1. The summed E-state index contributed by atoms with van der Waals surface area (Å²) in [7, 11) is 0. The van der Waals surface area contributed by atoms with Gasteiger partial charge in [-0.3, -0.25) is 0 Å². The molecule has 0 aromatic heterocycles. The SMILES string of the molecule is Cc1cc2c(c(C(=O)O)c1F)SCCC2. The number of carboxylic acid groups (broad SMARTS) is 1. The van der Waals surface area contributed by atoms with Crippen molar-refractivity contribution >= 4 is 17.7 Å². The molecule has 1 N–H and O–H groups in total. The van der Waals surface area contributed by atoms with Gasteiger partial charge in [-0.05, 0) is 36.6 Å². The summed E-state index contributed by atoms with van der Waals surface area (Å²) in [5.41, 5.74) is 1.26. The van der Waals surface area contributed by atoms with E-state index in [0.717, 1.165) is 24.2 Å². The van der Waals surface area contributed by atoms with Crippen molar-refractivity contribution in [2.24, 2.45) is 0 Å². The molecule has 1 aliphatic rings. The Kier molecular flexibility index (Phi) is 2.69. The van der Waals surface area contributed by atoms with E-state index < -0.39 is 11.8 Å². The third-order valence-corrected chi connectivity index (χ3v) is 3.77. The Hall–Kier alpha value is -1.03. The van der Waals surface area contributed by atoms with Gasteiger partial charge in [-0.2, -0.15) is 0 Å². The van der Waals surface area contributed by atoms with Crippen molar-refractivity contribution < 1.29 is 14.3 Å². The lowest BCUT2D eigenvalue weighted by molar-refractivity contribution is 0.0687. The summed E-state index contributed by atoms with van der Waals surface area (Å²) >= 11 is 1.45. The lowest BCUT2D eigenvalue weighted by atomic mass is 10.0. The lowest BCUT2D eigenvalue weighted by Crippen LogP contribution is -2.10. The molecule has 0 aliphatic carbocycles. The summed E-state index contributed by atoms with van der Waals surface area (Å²) in [5, 5.41) is 8.99. The minimum absolute atomic E-state index is 0.144. The predicted octanol–water partition coefficient (Wildman–Crippen LogP) is 2.87.